The largest absolute Gasteiger partial charge is 0.381 e. The van der Waals surface area contributed by atoms with Gasteiger partial charge in [-0.3, -0.25) is 19.8 Å². The topological polar surface area (TPSA) is 74.2 Å². The SMILES string of the molecule is COC1CCCCC1C(=O)CC1N=C(N2CCN(C3CCCCC3)CC2)NC1=O. The predicted molar refractivity (Wildman–Crippen MR) is 112 cm³/mol. The zero-order chi connectivity index (χ0) is 20.2. The van der Waals surface area contributed by atoms with Gasteiger partial charge < -0.3 is 9.64 Å². The first-order valence-corrected chi connectivity index (χ1v) is 11.6. The molecule has 3 atom stereocenters. The van der Waals surface area contributed by atoms with Gasteiger partial charge in [-0.05, 0) is 25.7 Å². The van der Waals surface area contributed by atoms with Crippen LogP contribution in [-0.4, -0.2) is 78.9 Å². The lowest BCUT2D eigenvalue weighted by molar-refractivity contribution is -0.132. The number of methoxy groups -OCH3 is 1. The Morgan fingerprint density at radius 2 is 1.72 bits per heavy atom. The maximum absolute atomic E-state index is 12.8. The normalized spacial score (nSPS) is 32.2. The number of guanidine groups is 1. The summed E-state index contributed by atoms with van der Waals surface area (Å²) in [7, 11) is 1.68. The van der Waals surface area contributed by atoms with Crippen molar-refractivity contribution in [2.75, 3.05) is 33.3 Å². The van der Waals surface area contributed by atoms with Crippen LogP contribution in [-0.2, 0) is 14.3 Å². The summed E-state index contributed by atoms with van der Waals surface area (Å²) in [6, 6.07) is 0.161. The highest BCUT2D eigenvalue weighted by Crippen LogP contribution is 2.29. The number of nitrogens with zero attached hydrogens (tertiary/aromatic N) is 3. The van der Waals surface area contributed by atoms with E-state index in [4.69, 9.17) is 4.74 Å². The van der Waals surface area contributed by atoms with Crippen molar-refractivity contribution < 1.29 is 14.3 Å². The molecule has 0 aromatic heterocycles. The number of aliphatic imine (C=N–C) groups is 1. The van der Waals surface area contributed by atoms with Crippen LogP contribution in [0.15, 0.2) is 4.99 Å². The van der Waals surface area contributed by atoms with E-state index in [0.717, 1.165) is 57.9 Å². The van der Waals surface area contributed by atoms with Gasteiger partial charge >= 0.3 is 0 Å². The molecule has 1 saturated heterocycles. The summed E-state index contributed by atoms with van der Waals surface area (Å²) < 4.78 is 5.52. The molecule has 2 aliphatic carbocycles. The van der Waals surface area contributed by atoms with Crippen LogP contribution in [0.4, 0.5) is 0 Å². The highest BCUT2D eigenvalue weighted by Gasteiger charge is 2.37. The number of carbonyl (C=O) groups excluding carboxylic acids is 2. The third kappa shape index (κ3) is 4.82. The molecule has 2 aliphatic heterocycles. The van der Waals surface area contributed by atoms with Gasteiger partial charge in [0.1, 0.15) is 11.8 Å². The predicted octanol–water partition coefficient (Wildman–Crippen LogP) is 1.96. The van der Waals surface area contributed by atoms with Gasteiger partial charge in [0.05, 0.1) is 6.10 Å². The summed E-state index contributed by atoms with van der Waals surface area (Å²) in [5.41, 5.74) is 0. The number of hydrogen-bond donors (Lipinski definition) is 1. The molecule has 3 fully saturated rings. The molecule has 4 rings (SSSR count). The van der Waals surface area contributed by atoms with Gasteiger partial charge in [0.15, 0.2) is 0 Å². The highest BCUT2D eigenvalue weighted by molar-refractivity contribution is 6.06. The second-order valence-electron chi connectivity index (χ2n) is 9.11. The Morgan fingerprint density at radius 1 is 1.03 bits per heavy atom. The molecule has 29 heavy (non-hydrogen) atoms. The Labute approximate surface area is 174 Å². The van der Waals surface area contributed by atoms with Crippen molar-refractivity contribution >= 4 is 17.6 Å². The van der Waals surface area contributed by atoms with Crippen molar-refractivity contribution in [2.45, 2.75) is 82.4 Å². The molecular weight excluding hydrogens is 368 g/mol. The Kier molecular flexibility index (Phi) is 6.85. The molecule has 0 spiro atoms. The average Bonchev–Trinajstić information content (AvgIpc) is 3.14. The van der Waals surface area contributed by atoms with Gasteiger partial charge in [0.2, 0.25) is 5.96 Å². The number of ether oxygens (including phenoxy) is 1. The quantitative estimate of drug-likeness (QED) is 0.758. The third-order valence-corrected chi connectivity index (χ3v) is 7.33. The number of amides is 1. The van der Waals surface area contributed by atoms with E-state index in [1.54, 1.807) is 7.11 Å². The Bertz CT molecular complexity index is 624. The highest BCUT2D eigenvalue weighted by atomic mass is 16.5. The van der Waals surface area contributed by atoms with Crippen molar-refractivity contribution in [3.63, 3.8) is 0 Å². The molecule has 4 aliphatic rings. The molecule has 0 bridgehead atoms. The van der Waals surface area contributed by atoms with Gasteiger partial charge in [-0.15, -0.1) is 0 Å². The molecule has 7 heteroatoms. The molecule has 3 unspecified atom stereocenters. The molecule has 2 heterocycles. The van der Waals surface area contributed by atoms with Crippen LogP contribution in [0.5, 0.6) is 0 Å². The average molecular weight is 405 g/mol. The molecule has 1 amide bonds. The van der Waals surface area contributed by atoms with Crippen LogP contribution < -0.4 is 5.32 Å². The van der Waals surface area contributed by atoms with E-state index in [1.807, 2.05) is 0 Å². The summed E-state index contributed by atoms with van der Waals surface area (Å²) >= 11 is 0. The van der Waals surface area contributed by atoms with Crippen molar-refractivity contribution in [1.82, 2.24) is 15.1 Å². The number of Topliss-reactive ketones (excluding diaryl/α,β-unsaturated/α-hetero) is 1. The van der Waals surface area contributed by atoms with Crippen LogP contribution in [0.25, 0.3) is 0 Å². The molecule has 0 aromatic carbocycles. The maximum atomic E-state index is 12.8. The van der Waals surface area contributed by atoms with Gasteiger partial charge in [-0.25, -0.2) is 4.99 Å². The second kappa shape index (κ2) is 9.56. The fourth-order valence-electron chi connectivity index (χ4n) is 5.57. The van der Waals surface area contributed by atoms with E-state index in [-0.39, 0.29) is 30.1 Å². The molecule has 2 saturated carbocycles. The van der Waals surface area contributed by atoms with E-state index in [1.165, 1.54) is 32.1 Å². The van der Waals surface area contributed by atoms with Gasteiger partial charge in [0, 0.05) is 51.7 Å². The number of ketones is 1. The van der Waals surface area contributed by atoms with Crippen LogP contribution in [0.2, 0.25) is 0 Å². The maximum Gasteiger partial charge on any atom is 0.252 e. The first-order chi connectivity index (χ1) is 14.2. The minimum atomic E-state index is -0.576. The van der Waals surface area contributed by atoms with Crippen LogP contribution in [0.3, 0.4) is 0 Å². The molecular formula is C22H36N4O3. The van der Waals surface area contributed by atoms with E-state index >= 15 is 0 Å². The van der Waals surface area contributed by atoms with E-state index < -0.39 is 6.04 Å². The Balaban J connectivity index is 1.30. The fourth-order valence-corrected chi connectivity index (χ4v) is 5.57. The fraction of sp³-hybridized carbons (Fsp3) is 0.864. The standard InChI is InChI=1S/C22H36N4O3/c1-29-20-10-6-5-9-17(20)19(27)15-18-21(28)24-22(23-18)26-13-11-25(12-14-26)16-7-3-2-4-8-16/h16-18,20H,2-15H2,1H3,(H,23,24,28). The Morgan fingerprint density at radius 3 is 2.45 bits per heavy atom. The minimum Gasteiger partial charge on any atom is -0.381 e. The molecule has 0 radical (unpaired) electrons. The molecule has 0 aromatic rings. The van der Waals surface area contributed by atoms with E-state index in [0.29, 0.717) is 5.96 Å². The molecule has 162 valence electrons. The number of carbonyl (C=O) groups is 2. The van der Waals surface area contributed by atoms with E-state index in [2.05, 4.69) is 20.1 Å². The monoisotopic (exact) mass is 404 g/mol. The van der Waals surface area contributed by atoms with Crippen LogP contribution >= 0.6 is 0 Å². The van der Waals surface area contributed by atoms with Gasteiger partial charge in [-0.2, -0.15) is 0 Å². The van der Waals surface area contributed by atoms with Crippen molar-refractivity contribution in [3.8, 4) is 0 Å². The number of rotatable bonds is 5. The van der Waals surface area contributed by atoms with Crippen LogP contribution in [0, 0.1) is 5.92 Å². The van der Waals surface area contributed by atoms with Crippen molar-refractivity contribution in [3.05, 3.63) is 0 Å². The first-order valence-electron chi connectivity index (χ1n) is 11.6. The lowest BCUT2D eigenvalue weighted by Crippen LogP contribution is -2.54. The number of nitrogens with one attached hydrogen (secondary N) is 1. The number of piperazine rings is 1. The van der Waals surface area contributed by atoms with Gasteiger partial charge in [-0.1, -0.05) is 32.1 Å². The summed E-state index contributed by atoms with van der Waals surface area (Å²) in [4.78, 5) is 34.7. The summed E-state index contributed by atoms with van der Waals surface area (Å²) in [6.07, 6.45) is 10.9. The summed E-state index contributed by atoms with van der Waals surface area (Å²) in [5.74, 6) is 0.583. The third-order valence-electron chi connectivity index (χ3n) is 7.33. The zero-order valence-electron chi connectivity index (χ0n) is 17.8. The summed E-state index contributed by atoms with van der Waals surface area (Å²) in [6.45, 7) is 3.84. The smallest absolute Gasteiger partial charge is 0.252 e. The summed E-state index contributed by atoms with van der Waals surface area (Å²) in [5, 5.41) is 2.94. The minimum absolute atomic E-state index is 0.00275. The lowest BCUT2D eigenvalue weighted by Gasteiger charge is -2.41. The lowest BCUT2D eigenvalue weighted by atomic mass is 9.82. The van der Waals surface area contributed by atoms with E-state index in [9.17, 15) is 9.59 Å². The zero-order valence-corrected chi connectivity index (χ0v) is 17.8. The first kappa shape index (κ1) is 20.8. The molecule has 1 N–H and O–H groups in total. The Hall–Kier alpha value is -1.47. The molecule has 7 nitrogen and oxygen atoms in total. The van der Waals surface area contributed by atoms with Gasteiger partial charge in [0.25, 0.3) is 5.91 Å². The van der Waals surface area contributed by atoms with Crippen molar-refractivity contribution in [1.29, 1.82) is 0 Å². The number of hydrogen-bond acceptors (Lipinski definition) is 6. The van der Waals surface area contributed by atoms with Crippen molar-refractivity contribution in [2.24, 2.45) is 10.9 Å². The van der Waals surface area contributed by atoms with Crippen LogP contribution in [0.1, 0.15) is 64.2 Å². The second-order valence-corrected chi connectivity index (χ2v) is 9.11.